The van der Waals surface area contributed by atoms with Crippen LogP contribution in [0.3, 0.4) is 0 Å². The number of nitrogens with two attached hydrogens (primary N) is 1. The lowest BCUT2D eigenvalue weighted by Crippen LogP contribution is -2.17. The van der Waals surface area contributed by atoms with Crippen LogP contribution < -0.4 is 5.14 Å². The second-order valence-corrected chi connectivity index (χ2v) is 8.04. The van der Waals surface area contributed by atoms with Gasteiger partial charge in [0, 0.05) is 17.2 Å². The minimum atomic E-state index is -3.48. The Balaban J connectivity index is 0.000000183. The maximum atomic E-state index is 10.2. The monoisotopic (exact) mass is 385 g/mol. The molecule has 0 amide bonds. The molecule has 0 saturated carbocycles. The van der Waals surface area contributed by atoms with E-state index >= 15 is 0 Å². The molecule has 27 heavy (non-hydrogen) atoms. The molecule has 0 saturated heterocycles. The van der Waals surface area contributed by atoms with Crippen molar-refractivity contribution in [2.45, 2.75) is 12.8 Å². The number of benzene rings is 4. The molecule has 6 nitrogen and oxygen atoms in total. The zero-order valence-electron chi connectivity index (χ0n) is 14.4. The van der Waals surface area contributed by atoms with Gasteiger partial charge in [-0.2, -0.15) is 0 Å². The van der Waals surface area contributed by atoms with Crippen LogP contribution in [0.15, 0.2) is 54.6 Å². The Morgan fingerprint density at radius 2 is 1.44 bits per heavy atom. The maximum Gasteiger partial charge on any atom is 0.303 e. The topological polar surface area (TPSA) is 118 Å². The van der Waals surface area contributed by atoms with Gasteiger partial charge in [-0.3, -0.25) is 4.79 Å². The third kappa shape index (κ3) is 4.27. The van der Waals surface area contributed by atoms with Crippen LogP contribution >= 0.6 is 0 Å². The number of carboxylic acids is 1. The molecule has 0 radical (unpaired) electrons. The fraction of sp³-hybridized carbons (Fsp3) is 0.150. The van der Waals surface area contributed by atoms with Gasteiger partial charge in [0.05, 0.1) is 5.75 Å². The van der Waals surface area contributed by atoms with Crippen LogP contribution in [0.1, 0.15) is 12.8 Å². The van der Waals surface area contributed by atoms with Crippen LogP contribution in [-0.4, -0.2) is 30.4 Å². The molecule has 0 spiro atoms. The molecule has 4 aromatic carbocycles. The molecule has 7 heteroatoms. The number of aliphatic carboxylic acids is 1. The highest BCUT2D eigenvalue weighted by molar-refractivity contribution is 7.89. The predicted molar refractivity (Wildman–Crippen MR) is 107 cm³/mol. The Morgan fingerprint density at radius 3 is 2.04 bits per heavy atom. The summed E-state index contributed by atoms with van der Waals surface area (Å²) in [5.74, 6) is -0.918. The number of rotatable bonds is 4. The zero-order chi connectivity index (χ0) is 19.6. The Labute approximate surface area is 156 Å². The van der Waals surface area contributed by atoms with Crippen molar-refractivity contribution in [1.29, 1.82) is 0 Å². The normalized spacial score (nSPS) is 11.6. The molecule has 0 aliphatic rings. The summed E-state index contributed by atoms with van der Waals surface area (Å²) in [7, 11) is -3.48. The van der Waals surface area contributed by atoms with Gasteiger partial charge in [0.25, 0.3) is 0 Å². The standard InChI is InChI=1S/C16H10O.C4H9NO4S/c17-14-9-7-12-5-4-10-2-1-3-11-6-8-13(14)16(12)15(10)11;5-10(8,9)3-1-2-4(6)7/h1-9,17H;1-3H2,(H,6,7)(H2,5,8,9). The van der Waals surface area contributed by atoms with E-state index in [4.69, 9.17) is 5.11 Å². The maximum absolute atomic E-state index is 10.2. The third-order valence-corrected chi connectivity index (χ3v) is 5.18. The smallest absolute Gasteiger partial charge is 0.303 e. The number of carbonyl (C=O) groups is 1. The highest BCUT2D eigenvalue weighted by Gasteiger charge is 2.09. The van der Waals surface area contributed by atoms with Crippen LogP contribution in [0, 0.1) is 0 Å². The summed E-state index contributed by atoms with van der Waals surface area (Å²) in [6.45, 7) is 0. The second-order valence-electron chi connectivity index (χ2n) is 6.31. The number of phenolic OH excluding ortho intramolecular Hbond substituents is 1. The van der Waals surface area contributed by atoms with Crippen molar-refractivity contribution in [3.05, 3.63) is 54.6 Å². The molecule has 0 aliphatic carbocycles. The van der Waals surface area contributed by atoms with Gasteiger partial charge in [0.15, 0.2) is 0 Å². The predicted octanol–water partition coefficient (Wildman–Crippen LogP) is 3.43. The van der Waals surface area contributed by atoms with Gasteiger partial charge in [0.1, 0.15) is 5.75 Å². The van der Waals surface area contributed by atoms with Crippen LogP contribution in [0.5, 0.6) is 5.75 Å². The van der Waals surface area contributed by atoms with Crippen LogP contribution in [0.2, 0.25) is 0 Å². The zero-order valence-corrected chi connectivity index (χ0v) is 15.2. The molecule has 4 rings (SSSR count). The van der Waals surface area contributed by atoms with E-state index in [9.17, 15) is 18.3 Å². The van der Waals surface area contributed by atoms with E-state index in [1.54, 1.807) is 6.07 Å². The minimum absolute atomic E-state index is 0.0775. The van der Waals surface area contributed by atoms with Crippen molar-refractivity contribution in [3.8, 4) is 5.75 Å². The van der Waals surface area contributed by atoms with Crippen molar-refractivity contribution >= 4 is 48.3 Å². The van der Waals surface area contributed by atoms with Gasteiger partial charge in [-0.15, -0.1) is 0 Å². The van der Waals surface area contributed by atoms with E-state index in [1.807, 2.05) is 12.1 Å². The largest absolute Gasteiger partial charge is 0.507 e. The van der Waals surface area contributed by atoms with Crippen LogP contribution in [0.4, 0.5) is 0 Å². The summed E-state index contributed by atoms with van der Waals surface area (Å²) in [6, 6.07) is 18.4. The summed E-state index contributed by atoms with van der Waals surface area (Å²) >= 11 is 0. The number of primary sulfonamides is 1. The van der Waals surface area contributed by atoms with Crippen LogP contribution in [-0.2, 0) is 14.8 Å². The first kappa shape index (κ1) is 18.9. The van der Waals surface area contributed by atoms with Crippen molar-refractivity contribution in [1.82, 2.24) is 0 Å². The van der Waals surface area contributed by atoms with Gasteiger partial charge in [-0.05, 0) is 34.0 Å². The van der Waals surface area contributed by atoms with E-state index < -0.39 is 16.0 Å². The Kier molecular flexibility index (Phi) is 5.16. The highest BCUT2D eigenvalue weighted by atomic mass is 32.2. The molecule has 0 heterocycles. The van der Waals surface area contributed by atoms with Crippen molar-refractivity contribution in [3.63, 3.8) is 0 Å². The molecule has 0 fully saturated rings. The molecular weight excluding hydrogens is 366 g/mol. The lowest BCUT2D eigenvalue weighted by molar-refractivity contribution is -0.137. The molecule has 0 unspecified atom stereocenters. The molecule has 140 valence electrons. The molecule has 0 bridgehead atoms. The summed E-state index contributed by atoms with van der Waals surface area (Å²) in [6.07, 6.45) is -0.0788. The van der Waals surface area contributed by atoms with Gasteiger partial charge in [-0.1, -0.05) is 48.5 Å². The van der Waals surface area contributed by atoms with E-state index in [0.717, 1.165) is 5.39 Å². The van der Waals surface area contributed by atoms with Crippen molar-refractivity contribution in [2.24, 2.45) is 5.14 Å². The first-order chi connectivity index (χ1) is 12.8. The van der Waals surface area contributed by atoms with Crippen molar-refractivity contribution < 1.29 is 23.4 Å². The average molecular weight is 385 g/mol. The molecule has 0 aromatic heterocycles. The number of sulfonamides is 1. The first-order valence-corrected chi connectivity index (χ1v) is 10.1. The van der Waals surface area contributed by atoms with Gasteiger partial charge >= 0.3 is 5.97 Å². The average Bonchev–Trinajstić information content (AvgIpc) is 2.60. The van der Waals surface area contributed by atoms with Gasteiger partial charge in [0.2, 0.25) is 10.0 Å². The molecule has 0 aliphatic heterocycles. The molecule has 4 N–H and O–H groups in total. The highest BCUT2D eigenvalue weighted by Crippen LogP contribution is 2.37. The van der Waals surface area contributed by atoms with E-state index in [2.05, 4.69) is 41.5 Å². The summed E-state index contributed by atoms with van der Waals surface area (Å²) in [5.41, 5.74) is 0. The Hall–Kier alpha value is -2.90. The van der Waals surface area contributed by atoms with Crippen LogP contribution in [0.25, 0.3) is 32.3 Å². The Bertz CT molecular complexity index is 1200. The number of hydrogen-bond donors (Lipinski definition) is 3. The number of aromatic hydroxyl groups is 1. The second kappa shape index (κ2) is 7.38. The molecule has 4 aromatic rings. The fourth-order valence-electron chi connectivity index (χ4n) is 3.14. The van der Waals surface area contributed by atoms with E-state index in [-0.39, 0.29) is 18.6 Å². The van der Waals surface area contributed by atoms with Gasteiger partial charge < -0.3 is 10.2 Å². The molecular formula is C20H19NO5S. The summed E-state index contributed by atoms with van der Waals surface area (Å²) in [5, 5.41) is 29.6. The van der Waals surface area contributed by atoms with E-state index in [1.165, 1.54) is 26.9 Å². The number of hydrogen-bond acceptors (Lipinski definition) is 4. The lowest BCUT2D eigenvalue weighted by Gasteiger charge is -2.11. The summed E-state index contributed by atoms with van der Waals surface area (Å²) < 4.78 is 20.4. The fourth-order valence-corrected chi connectivity index (χ4v) is 3.69. The Morgan fingerprint density at radius 1 is 0.889 bits per heavy atom. The SMILES string of the molecule is NS(=O)(=O)CCCC(=O)O.Oc1ccc2ccc3cccc4ccc1c2c34. The molecule has 0 atom stereocenters. The van der Waals surface area contributed by atoms with E-state index in [0.29, 0.717) is 5.75 Å². The first-order valence-electron chi connectivity index (χ1n) is 8.34. The van der Waals surface area contributed by atoms with Crippen molar-refractivity contribution in [2.75, 3.05) is 5.75 Å². The quantitative estimate of drug-likeness (QED) is 0.465. The minimum Gasteiger partial charge on any atom is -0.507 e. The number of phenols is 1. The summed E-state index contributed by atoms with van der Waals surface area (Å²) in [4.78, 5) is 9.85. The lowest BCUT2D eigenvalue weighted by atomic mass is 9.94. The number of carboxylic acid groups (broad SMARTS) is 1. The van der Waals surface area contributed by atoms with Gasteiger partial charge in [-0.25, -0.2) is 13.6 Å². The third-order valence-electron chi connectivity index (χ3n) is 4.33.